The van der Waals surface area contributed by atoms with Crippen LogP contribution in [0, 0.1) is 0 Å². The number of carboxylic acid groups (broad SMARTS) is 1. The van der Waals surface area contributed by atoms with Gasteiger partial charge in [0.15, 0.2) is 6.04 Å². The van der Waals surface area contributed by atoms with Crippen molar-refractivity contribution in [2.75, 3.05) is 0 Å². The number of rotatable bonds is 7. The second-order valence-electron chi connectivity index (χ2n) is 5.29. The highest BCUT2D eigenvalue weighted by atomic mass is 32.2. The van der Waals surface area contributed by atoms with E-state index in [9.17, 15) is 14.7 Å². The first-order chi connectivity index (χ1) is 11.5. The van der Waals surface area contributed by atoms with Crippen molar-refractivity contribution in [2.45, 2.75) is 29.2 Å². The Hall–Kier alpha value is -2.31. The topological polar surface area (TPSA) is 86.6 Å². The number of aliphatic carboxylic acids is 1. The van der Waals surface area contributed by atoms with E-state index in [4.69, 9.17) is 5.11 Å². The molecule has 0 aliphatic carbocycles. The van der Waals surface area contributed by atoms with E-state index in [2.05, 4.69) is 5.32 Å². The van der Waals surface area contributed by atoms with E-state index in [1.54, 1.807) is 0 Å². The summed E-state index contributed by atoms with van der Waals surface area (Å²) in [5.74, 6) is -1.72. The quantitative estimate of drug-likeness (QED) is 0.671. The summed E-state index contributed by atoms with van der Waals surface area (Å²) < 4.78 is 0. The summed E-state index contributed by atoms with van der Waals surface area (Å²) in [5.41, 5.74) is 0.763. The molecule has 0 unspecified atom stereocenters. The number of hydrogen-bond donors (Lipinski definition) is 3. The minimum Gasteiger partial charge on any atom is -0.480 e. The Balaban J connectivity index is 2.25. The lowest BCUT2D eigenvalue weighted by molar-refractivity contribution is -0.144. The molecule has 0 saturated heterocycles. The maximum absolute atomic E-state index is 12.7. The van der Waals surface area contributed by atoms with Crippen LogP contribution in [-0.2, 0) is 9.59 Å². The first-order valence-corrected chi connectivity index (χ1v) is 8.35. The minimum absolute atomic E-state index is 0.455. The monoisotopic (exact) mass is 345 g/mol. The van der Waals surface area contributed by atoms with Crippen molar-refractivity contribution in [1.29, 1.82) is 0 Å². The van der Waals surface area contributed by atoms with Gasteiger partial charge < -0.3 is 15.5 Å². The Morgan fingerprint density at radius 1 is 1.00 bits per heavy atom. The average molecular weight is 345 g/mol. The first kappa shape index (κ1) is 18.0. The van der Waals surface area contributed by atoms with E-state index < -0.39 is 29.3 Å². The molecular formula is C18H19NO4S. The SMILES string of the molecule is C[C@H](O)[C@@H](NC(=O)[C@H](Sc1ccccc1)c1ccccc1)C(=O)O. The van der Waals surface area contributed by atoms with Gasteiger partial charge in [0.1, 0.15) is 5.25 Å². The molecule has 6 heteroatoms. The standard InChI is InChI=1S/C18H19NO4S/c1-12(20)15(18(22)23)19-17(21)16(13-8-4-2-5-9-13)24-14-10-6-3-7-11-14/h2-12,15-16,20H,1H3,(H,19,21)(H,22,23)/t12-,15+,16+/m0/s1. The average Bonchev–Trinajstić information content (AvgIpc) is 2.58. The Morgan fingerprint density at radius 3 is 2.04 bits per heavy atom. The highest BCUT2D eigenvalue weighted by Crippen LogP contribution is 2.35. The molecule has 0 aliphatic heterocycles. The van der Waals surface area contributed by atoms with Crippen molar-refractivity contribution in [3.8, 4) is 0 Å². The summed E-state index contributed by atoms with van der Waals surface area (Å²) in [7, 11) is 0. The highest BCUT2D eigenvalue weighted by Gasteiger charge is 2.29. The Morgan fingerprint density at radius 2 is 1.54 bits per heavy atom. The Kier molecular flexibility index (Phi) is 6.40. The lowest BCUT2D eigenvalue weighted by Gasteiger charge is -2.22. The van der Waals surface area contributed by atoms with E-state index in [1.807, 2.05) is 60.7 Å². The van der Waals surface area contributed by atoms with Crippen molar-refractivity contribution in [2.24, 2.45) is 0 Å². The van der Waals surface area contributed by atoms with Gasteiger partial charge in [-0.15, -0.1) is 11.8 Å². The van der Waals surface area contributed by atoms with Gasteiger partial charge in [0, 0.05) is 4.90 Å². The molecule has 0 saturated carbocycles. The summed E-state index contributed by atoms with van der Waals surface area (Å²) in [6, 6.07) is 17.2. The predicted molar refractivity (Wildman–Crippen MR) is 92.7 cm³/mol. The van der Waals surface area contributed by atoms with Gasteiger partial charge >= 0.3 is 5.97 Å². The van der Waals surface area contributed by atoms with E-state index in [0.717, 1.165) is 10.5 Å². The molecule has 0 heterocycles. The number of amides is 1. The fourth-order valence-corrected chi connectivity index (χ4v) is 3.21. The van der Waals surface area contributed by atoms with E-state index in [0.29, 0.717) is 0 Å². The van der Waals surface area contributed by atoms with Crippen LogP contribution in [0.25, 0.3) is 0 Å². The molecule has 1 amide bonds. The molecule has 0 aromatic heterocycles. The zero-order valence-electron chi connectivity index (χ0n) is 13.1. The van der Waals surface area contributed by atoms with Gasteiger partial charge in [0.05, 0.1) is 6.10 Å². The number of carboxylic acids is 1. The molecule has 24 heavy (non-hydrogen) atoms. The maximum Gasteiger partial charge on any atom is 0.328 e. The van der Waals surface area contributed by atoms with Crippen LogP contribution in [0.5, 0.6) is 0 Å². The summed E-state index contributed by atoms with van der Waals surface area (Å²) in [6.45, 7) is 1.33. The highest BCUT2D eigenvalue weighted by molar-refractivity contribution is 8.00. The van der Waals surface area contributed by atoms with Crippen molar-refractivity contribution in [1.82, 2.24) is 5.32 Å². The molecule has 0 spiro atoms. The van der Waals surface area contributed by atoms with E-state index in [-0.39, 0.29) is 0 Å². The molecule has 0 radical (unpaired) electrons. The zero-order chi connectivity index (χ0) is 17.5. The Bertz CT molecular complexity index is 676. The Labute approximate surface area is 144 Å². The van der Waals surface area contributed by atoms with Crippen LogP contribution in [0.15, 0.2) is 65.6 Å². The normalized spacial score (nSPS) is 14.4. The van der Waals surface area contributed by atoms with Gasteiger partial charge in [0.2, 0.25) is 5.91 Å². The summed E-state index contributed by atoms with van der Waals surface area (Å²) in [5, 5.41) is 20.5. The number of nitrogens with one attached hydrogen (secondary N) is 1. The number of hydrogen-bond acceptors (Lipinski definition) is 4. The van der Waals surface area contributed by atoms with Crippen LogP contribution in [0.3, 0.4) is 0 Å². The summed E-state index contributed by atoms with van der Waals surface area (Å²) in [6.07, 6.45) is -1.19. The van der Waals surface area contributed by atoms with Gasteiger partial charge in [-0.2, -0.15) is 0 Å². The molecule has 2 aromatic carbocycles. The lowest BCUT2D eigenvalue weighted by atomic mass is 10.1. The molecule has 2 aromatic rings. The van der Waals surface area contributed by atoms with Gasteiger partial charge in [0.25, 0.3) is 0 Å². The summed E-state index contributed by atoms with van der Waals surface area (Å²) >= 11 is 1.33. The fourth-order valence-electron chi connectivity index (χ4n) is 2.15. The third-order valence-electron chi connectivity index (χ3n) is 3.38. The molecule has 0 bridgehead atoms. The van der Waals surface area contributed by atoms with Crippen molar-refractivity contribution in [3.05, 3.63) is 66.2 Å². The van der Waals surface area contributed by atoms with Gasteiger partial charge in [-0.25, -0.2) is 4.79 Å². The van der Waals surface area contributed by atoms with E-state index >= 15 is 0 Å². The van der Waals surface area contributed by atoms with Gasteiger partial charge in [-0.05, 0) is 24.6 Å². The molecule has 0 aliphatic rings. The molecular weight excluding hydrogens is 326 g/mol. The molecule has 2 rings (SSSR count). The summed E-state index contributed by atoms with van der Waals surface area (Å²) in [4.78, 5) is 24.8. The first-order valence-electron chi connectivity index (χ1n) is 7.47. The molecule has 3 atom stereocenters. The van der Waals surface area contributed by atoms with Crippen molar-refractivity contribution < 1.29 is 19.8 Å². The maximum atomic E-state index is 12.7. The number of aliphatic hydroxyl groups is 1. The molecule has 3 N–H and O–H groups in total. The number of carbonyl (C=O) groups excluding carboxylic acids is 1. The smallest absolute Gasteiger partial charge is 0.328 e. The fraction of sp³-hybridized carbons (Fsp3) is 0.222. The third-order valence-corrected chi connectivity index (χ3v) is 4.65. The zero-order valence-corrected chi connectivity index (χ0v) is 13.9. The number of benzene rings is 2. The predicted octanol–water partition coefficient (Wildman–Crippen LogP) is 2.47. The van der Waals surface area contributed by atoms with Crippen LogP contribution in [-0.4, -0.2) is 34.2 Å². The van der Waals surface area contributed by atoms with Gasteiger partial charge in [-0.1, -0.05) is 48.5 Å². The molecule has 0 fully saturated rings. The van der Waals surface area contributed by atoms with E-state index in [1.165, 1.54) is 18.7 Å². The second-order valence-corrected chi connectivity index (χ2v) is 6.47. The third kappa shape index (κ3) is 4.84. The van der Waals surface area contributed by atoms with Crippen LogP contribution >= 0.6 is 11.8 Å². The van der Waals surface area contributed by atoms with Crippen LogP contribution in [0.2, 0.25) is 0 Å². The number of thioether (sulfide) groups is 1. The largest absolute Gasteiger partial charge is 0.480 e. The minimum atomic E-state index is -1.35. The molecule has 5 nitrogen and oxygen atoms in total. The molecule has 126 valence electrons. The van der Waals surface area contributed by atoms with Crippen LogP contribution in [0.1, 0.15) is 17.7 Å². The number of aliphatic hydroxyl groups excluding tert-OH is 1. The lowest BCUT2D eigenvalue weighted by Crippen LogP contribution is -2.48. The van der Waals surface area contributed by atoms with Crippen molar-refractivity contribution >= 4 is 23.6 Å². The van der Waals surface area contributed by atoms with Gasteiger partial charge in [-0.3, -0.25) is 4.79 Å². The van der Waals surface area contributed by atoms with Crippen LogP contribution in [0.4, 0.5) is 0 Å². The second kappa shape index (κ2) is 8.52. The van der Waals surface area contributed by atoms with Crippen LogP contribution < -0.4 is 5.32 Å². The van der Waals surface area contributed by atoms with Crippen molar-refractivity contribution in [3.63, 3.8) is 0 Å². The number of carbonyl (C=O) groups is 2.